The summed E-state index contributed by atoms with van der Waals surface area (Å²) in [5.74, 6) is 0.196. The van der Waals surface area contributed by atoms with Gasteiger partial charge in [0.05, 0.1) is 6.04 Å². The van der Waals surface area contributed by atoms with E-state index in [1.54, 1.807) is 24.5 Å². The fourth-order valence-electron chi connectivity index (χ4n) is 3.11. The van der Waals surface area contributed by atoms with E-state index in [1.807, 2.05) is 17.0 Å². The summed E-state index contributed by atoms with van der Waals surface area (Å²) >= 11 is 0. The van der Waals surface area contributed by atoms with E-state index in [2.05, 4.69) is 15.0 Å². The summed E-state index contributed by atoms with van der Waals surface area (Å²) in [7, 11) is 0. The number of nitrogens with zero attached hydrogens (tertiary/aromatic N) is 2. The van der Waals surface area contributed by atoms with E-state index < -0.39 is 6.61 Å². The van der Waals surface area contributed by atoms with Crippen LogP contribution in [0.3, 0.4) is 0 Å². The predicted molar refractivity (Wildman–Crippen MR) is 93.0 cm³/mol. The number of aryl methyl sites for hydroxylation is 1. The lowest BCUT2D eigenvalue weighted by molar-refractivity contribution is -0.134. The molecule has 2 aromatic rings. The fourth-order valence-corrected chi connectivity index (χ4v) is 3.11. The highest BCUT2D eigenvalue weighted by Gasteiger charge is 2.27. The van der Waals surface area contributed by atoms with Crippen molar-refractivity contribution in [3.63, 3.8) is 0 Å². The number of carbonyl (C=O) groups is 1. The van der Waals surface area contributed by atoms with Crippen LogP contribution in [0.15, 0.2) is 48.8 Å². The first-order valence-corrected chi connectivity index (χ1v) is 8.57. The average Bonchev–Trinajstić information content (AvgIpc) is 2.67. The van der Waals surface area contributed by atoms with Gasteiger partial charge in [-0.05, 0) is 35.7 Å². The van der Waals surface area contributed by atoms with Gasteiger partial charge >= 0.3 is 6.61 Å². The lowest BCUT2D eigenvalue weighted by atomic mass is 10.0. The molecule has 0 radical (unpaired) electrons. The van der Waals surface area contributed by atoms with Crippen LogP contribution in [0.2, 0.25) is 0 Å². The molecular formula is C19H21F2N3O2. The molecule has 0 aliphatic carbocycles. The second-order valence-corrected chi connectivity index (χ2v) is 6.12. The standard InChI is InChI=1S/C19H21F2N3O2/c20-19(21)26-16-6-3-14(4-7-16)5-8-18(25)24-11-10-23-13-17(24)15-2-1-9-22-12-15/h1-4,6-7,9,12,17,19,23H,5,8,10-11,13H2. The maximum Gasteiger partial charge on any atom is 0.387 e. The summed E-state index contributed by atoms with van der Waals surface area (Å²) in [6, 6.07) is 10.2. The van der Waals surface area contributed by atoms with Crippen molar-refractivity contribution in [3.8, 4) is 5.75 Å². The maximum absolute atomic E-state index is 12.7. The minimum absolute atomic E-state index is 0.0215. The van der Waals surface area contributed by atoms with Gasteiger partial charge in [0.15, 0.2) is 0 Å². The molecule has 1 fully saturated rings. The molecule has 1 N–H and O–H groups in total. The van der Waals surface area contributed by atoms with Gasteiger partial charge in [-0.3, -0.25) is 9.78 Å². The molecular weight excluding hydrogens is 340 g/mol. The highest BCUT2D eigenvalue weighted by molar-refractivity contribution is 5.77. The molecule has 1 saturated heterocycles. The molecule has 7 heteroatoms. The van der Waals surface area contributed by atoms with Crippen molar-refractivity contribution >= 4 is 5.91 Å². The van der Waals surface area contributed by atoms with Crippen LogP contribution in [0.25, 0.3) is 0 Å². The Labute approximate surface area is 151 Å². The minimum Gasteiger partial charge on any atom is -0.435 e. The summed E-state index contributed by atoms with van der Waals surface area (Å²) in [4.78, 5) is 18.8. The number of rotatable bonds is 6. The molecule has 0 spiro atoms. The number of ether oxygens (including phenoxy) is 1. The zero-order chi connectivity index (χ0) is 18.4. The number of halogens is 2. The van der Waals surface area contributed by atoms with Gasteiger partial charge in [0.25, 0.3) is 0 Å². The molecule has 1 aromatic heterocycles. The molecule has 1 aliphatic rings. The van der Waals surface area contributed by atoms with Crippen molar-refractivity contribution in [2.75, 3.05) is 19.6 Å². The van der Waals surface area contributed by atoms with Gasteiger partial charge in [0, 0.05) is 38.4 Å². The number of benzene rings is 1. The first-order chi connectivity index (χ1) is 12.6. The SMILES string of the molecule is O=C(CCc1ccc(OC(F)F)cc1)N1CCNCC1c1cccnc1. The molecule has 1 amide bonds. The number of pyridine rings is 1. The molecule has 0 bridgehead atoms. The van der Waals surface area contributed by atoms with Crippen molar-refractivity contribution in [2.24, 2.45) is 0 Å². The van der Waals surface area contributed by atoms with Crippen LogP contribution < -0.4 is 10.1 Å². The third-order valence-electron chi connectivity index (χ3n) is 4.41. The Hall–Kier alpha value is -2.54. The van der Waals surface area contributed by atoms with Gasteiger partial charge in [-0.25, -0.2) is 0 Å². The maximum atomic E-state index is 12.7. The van der Waals surface area contributed by atoms with Gasteiger partial charge in [-0.1, -0.05) is 18.2 Å². The van der Waals surface area contributed by atoms with E-state index in [9.17, 15) is 13.6 Å². The van der Waals surface area contributed by atoms with E-state index >= 15 is 0 Å². The largest absolute Gasteiger partial charge is 0.435 e. The van der Waals surface area contributed by atoms with Crippen molar-refractivity contribution in [1.82, 2.24) is 15.2 Å². The Kier molecular flexibility index (Phi) is 6.12. The summed E-state index contributed by atoms with van der Waals surface area (Å²) < 4.78 is 28.7. The topological polar surface area (TPSA) is 54.5 Å². The first kappa shape index (κ1) is 18.3. The van der Waals surface area contributed by atoms with Gasteiger partial charge in [-0.15, -0.1) is 0 Å². The molecule has 26 heavy (non-hydrogen) atoms. The van der Waals surface area contributed by atoms with E-state index in [1.165, 1.54) is 12.1 Å². The Morgan fingerprint density at radius 3 is 2.81 bits per heavy atom. The number of hydrogen-bond acceptors (Lipinski definition) is 4. The third-order valence-corrected chi connectivity index (χ3v) is 4.41. The number of amides is 1. The predicted octanol–water partition coefficient (Wildman–Crippen LogP) is 2.79. The normalized spacial score (nSPS) is 17.3. The average molecular weight is 361 g/mol. The van der Waals surface area contributed by atoms with Crippen molar-refractivity contribution in [1.29, 1.82) is 0 Å². The summed E-state index contributed by atoms with van der Waals surface area (Å²) in [5, 5.41) is 3.32. The monoisotopic (exact) mass is 361 g/mol. The molecule has 1 atom stereocenters. The highest BCUT2D eigenvalue weighted by atomic mass is 19.3. The van der Waals surface area contributed by atoms with Crippen LogP contribution in [0.5, 0.6) is 5.75 Å². The minimum atomic E-state index is -2.83. The van der Waals surface area contributed by atoms with Crippen LogP contribution in [0.4, 0.5) is 8.78 Å². The van der Waals surface area contributed by atoms with E-state index in [4.69, 9.17) is 0 Å². The van der Waals surface area contributed by atoms with E-state index in [0.29, 0.717) is 25.9 Å². The number of hydrogen-bond donors (Lipinski definition) is 1. The van der Waals surface area contributed by atoms with Crippen LogP contribution in [0, 0.1) is 0 Å². The van der Waals surface area contributed by atoms with Crippen LogP contribution in [0.1, 0.15) is 23.6 Å². The van der Waals surface area contributed by atoms with Gasteiger partial charge in [0.2, 0.25) is 5.91 Å². The summed E-state index contributed by atoms with van der Waals surface area (Å²) in [5.41, 5.74) is 1.93. The lowest BCUT2D eigenvalue weighted by Gasteiger charge is -2.36. The molecule has 1 aliphatic heterocycles. The van der Waals surface area contributed by atoms with Crippen molar-refractivity contribution in [3.05, 3.63) is 59.9 Å². The lowest BCUT2D eigenvalue weighted by Crippen LogP contribution is -2.48. The summed E-state index contributed by atoms with van der Waals surface area (Å²) in [6.07, 6.45) is 4.43. The highest BCUT2D eigenvalue weighted by Crippen LogP contribution is 2.23. The summed E-state index contributed by atoms with van der Waals surface area (Å²) in [6.45, 7) is -0.710. The van der Waals surface area contributed by atoms with Crippen LogP contribution >= 0.6 is 0 Å². The Balaban J connectivity index is 1.59. The number of carbonyl (C=O) groups excluding carboxylic acids is 1. The quantitative estimate of drug-likeness (QED) is 0.860. The Morgan fingerprint density at radius 2 is 2.12 bits per heavy atom. The second kappa shape index (κ2) is 8.71. The third kappa shape index (κ3) is 4.76. The van der Waals surface area contributed by atoms with Crippen molar-refractivity contribution in [2.45, 2.75) is 25.5 Å². The van der Waals surface area contributed by atoms with Crippen LogP contribution in [-0.2, 0) is 11.2 Å². The smallest absolute Gasteiger partial charge is 0.387 e. The fraction of sp³-hybridized carbons (Fsp3) is 0.368. The molecule has 1 unspecified atom stereocenters. The van der Waals surface area contributed by atoms with Crippen molar-refractivity contribution < 1.29 is 18.3 Å². The molecule has 5 nitrogen and oxygen atoms in total. The Morgan fingerprint density at radius 1 is 1.31 bits per heavy atom. The number of piperazine rings is 1. The van der Waals surface area contributed by atoms with E-state index in [0.717, 1.165) is 17.7 Å². The second-order valence-electron chi connectivity index (χ2n) is 6.12. The number of nitrogens with one attached hydrogen (secondary N) is 1. The zero-order valence-corrected chi connectivity index (χ0v) is 14.3. The van der Waals surface area contributed by atoms with Gasteiger partial charge < -0.3 is 15.0 Å². The molecule has 1 aromatic carbocycles. The Bertz CT molecular complexity index is 710. The first-order valence-electron chi connectivity index (χ1n) is 8.57. The number of aromatic nitrogens is 1. The molecule has 0 saturated carbocycles. The van der Waals surface area contributed by atoms with Crippen LogP contribution in [-0.4, -0.2) is 42.0 Å². The number of alkyl halides is 2. The van der Waals surface area contributed by atoms with E-state index in [-0.39, 0.29) is 17.7 Å². The molecule has 3 rings (SSSR count). The molecule has 2 heterocycles. The zero-order valence-electron chi connectivity index (χ0n) is 14.3. The van der Waals surface area contributed by atoms with Gasteiger partial charge in [0.1, 0.15) is 5.75 Å². The van der Waals surface area contributed by atoms with Gasteiger partial charge in [-0.2, -0.15) is 8.78 Å². The molecule has 138 valence electrons.